The zero-order valence-electron chi connectivity index (χ0n) is 15.3. The molecule has 0 radical (unpaired) electrons. The monoisotopic (exact) mass is 373 g/mol. The molecule has 0 atom stereocenters. The molecule has 2 heterocycles. The smallest absolute Gasteiger partial charge is 0.234 e. The van der Waals surface area contributed by atoms with Crippen molar-refractivity contribution in [3.8, 4) is 0 Å². The van der Waals surface area contributed by atoms with Crippen LogP contribution in [-0.4, -0.2) is 36.3 Å². The van der Waals surface area contributed by atoms with E-state index in [0.717, 1.165) is 5.56 Å². The van der Waals surface area contributed by atoms with Gasteiger partial charge in [0.1, 0.15) is 11.6 Å². The highest BCUT2D eigenvalue weighted by Gasteiger charge is 2.37. The number of rotatable bonds is 6. The Morgan fingerprint density at radius 2 is 2.00 bits per heavy atom. The first-order chi connectivity index (χ1) is 13.0. The van der Waals surface area contributed by atoms with E-state index in [2.05, 4.69) is 10.6 Å². The number of nitrogens with one attached hydrogen (secondary N) is 2. The van der Waals surface area contributed by atoms with Gasteiger partial charge in [0.2, 0.25) is 11.8 Å². The lowest BCUT2D eigenvalue weighted by atomic mass is 9.80. The van der Waals surface area contributed by atoms with Crippen molar-refractivity contribution in [1.82, 2.24) is 15.5 Å². The molecule has 1 aromatic carbocycles. The Bertz CT molecular complexity index is 784. The Balaban J connectivity index is 1.59. The van der Waals surface area contributed by atoms with Gasteiger partial charge in [-0.25, -0.2) is 4.39 Å². The second-order valence-electron chi connectivity index (χ2n) is 6.91. The van der Waals surface area contributed by atoms with Crippen LogP contribution in [0.2, 0.25) is 0 Å². The topological polar surface area (TPSA) is 74.6 Å². The van der Waals surface area contributed by atoms with Crippen LogP contribution in [-0.2, 0) is 21.7 Å². The van der Waals surface area contributed by atoms with E-state index < -0.39 is 5.54 Å². The van der Waals surface area contributed by atoms with E-state index in [1.54, 1.807) is 18.4 Å². The molecule has 2 amide bonds. The van der Waals surface area contributed by atoms with Crippen molar-refractivity contribution < 1.29 is 18.4 Å². The molecule has 0 saturated carbocycles. The quantitative estimate of drug-likeness (QED) is 0.814. The molecule has 1 aliphatic heterocycles. The maximum atomic E-state index is 13.7. The summed E-state index contributed by atoms with van der Waals surface area (Å²) in [6.45, 7) is 3.37. The normalized spacial score (nSPS) is 16.7. The molecule has 0 bridgehead atoms. The minimum atomic E-state index is -0.602. The minimum Gasteiger partial charge on any atom is -0.467 e. The molecule has 1 fully saturated rings. The summed E-state index contributed by atoms with van der Waals surface area (Å²) in [5.41, 5.74) is 0.161. The zero-order valence-corrected chi connectivity index (χ0v) is 15.3. The SMILES string of the molecule is CC(=O)NC1(c2cccc(F)c2)CCN(CC(=O)NCc2ccco2)CC1. The first kappa shape index (κ1) is 19.1. The number of benzene rings is 1. The number of amides is 2. The van der Waals surface area contributed by atoms with Gasteiger partial charge in [-0.2, -0.15) is 0 Å². The summed E-state index contributed by atoms with van der Waals surface area (Å²) >= 11 is 0. The molecule has 2 aromatic rings. The highest BCUT2D eigenvalue weighted by Crippen LogP contribution is 2.33. The maximum absolute atomic E-state index is 13.7. The first-order valence-corrected chi connectivity index (χ1v) is 9.03. The van der Waals surface area contributed by atoms with Crippen LogP contribution in [0.5, 0.6) is 0 Å². The first-order valence-electron chi connectivity index (χ1n) is 9.03. The molecule has 27 heavy (non-hydrogen) atoms. The Morgan fingerprint density at radius 1 is 1.22 bits per heavy atom. The van der Waals surface area contributed by atoms with E-state index in [9.17, 15) is 14.0 Å². The number of likely N-dealkylation sites (tertiary alicyclic amines) is 1. The second kappa shape index (κ2) is 8.35. The van der Waals surface area contributed by atoms with Crippen molar-refractivity contribution in [1.29, 1.82) is 0 Å². The number of carbonyl (C=O) groups excluding carboxylic acids is 2. The average Bonchev–Trinajstić information content (AvgIpc) is 3.15. The molecule has 6 nitrogen and oxygen atoms in total. The van der Waals surface area contributed by atoms with Gasteiger partial charge < -0.3 is 15.1 Å². The minimum absolute atomic E-state index is 0.0795. The highest BCUT2D eigenvalue weighted by molar-refractivity contribution is 5.78. The highest BCUT2D eigenvalue weighted by atomic mass is 19.1. The maximum Gasteiger partial charge on any atom is 0.234 e. The van der Waals surface area contributed by atoms with Crippen molar-refractivity contribution >= 4 is 11.8 Å². The number of furan rings is 1. The predicted molar refractivity (Wildman–Crippen MR) is 98.1 cm³/mol. The summed E-state index contributed by atoms with van der Waals surface area (Å²) < 4.78 is 18.9. The largest absolute Gasteiger partial charge is 0.467 e. The van der Waals surface area contributed by atoms with E-state index in [-0.39, 0.29) is 24.2 Å². The number of halogens is 1. The molecule has 1 saturated heterocycles. The predicted octanol–water partition coefficient (Wildman–Crippen LogP) is 2.16. The van der Waals surface area contributed by atoms with Crippen molar-refractivity contribution in [3.63, 3.8) is 0 Å². The van der Waals surface area contributed by atoms with Gasteiger partial charge in [-0.3, -0.25) is 14.5 Å². The van der Waals surface area contributed by atoms with Gasteiger partial charge in [0.25, 0.3) is 0 Å². The molecule has 1 aliphatic rings. The average molecular weight is 373 g/mol. The molecular formula is C20H24FN3O3. The number of nitrogens with zero attached hydrogens (tertiary/aromatic N) is 1. The van der Waals surface area contributed by atoms with Crippen LogP contribution >= 0.6 is 0 Å². The molecule has 3 rings (SSSR count). The summed E-state index contributed by atoms with van der Waals surface area (Å²) in [7, 11) is 0. The number of hydrogen-bond donors (Lipinski definition) is 2. The van der Waals surface area contributed by atoms with E-state index in [0.29, 0.717) is 38.2 Å². The third kappa shape index (κ3) is 4.95. The number of hydrogen-bond acceptors (Lipinski definition) is 4. The Morgan fingerprint density at radius 3 is 2.63 bits per heavy atom. The molecular weight excluding hydrogens is 349 g/mol. The van der Waals surface area contributed by atoms with Crippen molar-refractivity contribution in [2.45, 2.75) is 31.8 Å². The lowest BCUT2D eigenvalue weighted by molar-refractivity contribution is -0.124. The van der Waals surface area contributed by atoms with Crippen molar-refractivity contribution in [2.24, 2.45) is 0 Å². The number of carbonyl (C=O) groups is 2. The van der Waals surface area contributed by atoms with Gasteiger partial charge in [0.05, 0.1) is 24.9 Å². The third-order valence-corrected chi connectivity index (χ3v) is 4.91. The van der Waals surface area contributed by atoms with Crippen LogP contribution in [0.1, 0.15) is 31.1 Å². The van der Waals surface area contributed by atoms with E-state index in [4.69, 9.17) is 4.42 Å². The van der Waals surface area contributed by atoms with E-state index in [1.807, 2.05) is 17.0 Å². The summed E-state index contributed by atoms with van der Waals surface area (Å²) in [4.78, 5) is 25.9. The van der Waals surface area contributed by atoms with Crippen LogP contribution in [0.15, 0.2) is 47.1 Å². The fourth-order valence-corrected chi connectivity index (χ4v) is 3.56. The Labute approximate surface area is 157 Å². The van der Waals surface area contributed by atoms with Crippen LogP contribution < -0.4 is 10.6 Å². The summed E-state index contributed by atoms with van der Waals surface area (Å²) in [5, 5.41) is 5.84. The Kier molecular flexibility index (Phi) is 5.91. The molecule has 144 valence electrons. The third-order valence-electron chi connectivity index (χ3n) is 4.91. The van der Waals surface area contributed by atoms with Crippen molar-refractivity contribution in [2.75, 3.05) is 19.6 Å². The van der Waals surface area contributed by atoms with Gasteiger partial charge in [-0.1, -0.05) is 12.1 Å². The van der Waals surface area contributed by atoms with E-state index >= 15 is 0 Å². The van der Waals surface area contributed by atoms with Gasteiger partial charge in [-0.05, 0) is 42.7 Å². The molecule has 0 aliphatic carbocycles. The van der Waals surface area contributed by atoms with Crippen molar-refractivity contribution in [3.05, 3.63) is 59.8 Å². The van der Waals surface area contributed by atoms with Gasteiger partial charge in [-0.15, -0.1) is 0 Å². The van der Waals surface area contributed by atoms with Gasteiger partial charge in [0.15, 0.2) is 0 Å². The standard InChI is InChI=1S/C20H24FN3O3/c1-15(25)23-20(16-4-2-5-17(21)12-16)7-9-24(10-8-20)14-19(26)22-13-18-6-3-11-27-18/h2-6,11-12H,7-10,13-14H2,1H3,(H,22,26)(H,23,25). The molecule has 0 spiro atoms. The summed E-state index contributed by atoms with van der Waals surface area (Å²) in [5.74, 6) is 0.155. The molecule has 2 N–H and O–H groups in total. The lowest BCUT2D eigenvalue weighted by Gasteiger charge is -2.42. The van der Waals surface area contributed by atoms with Crippen LogP contribution in [0.3, 0.4) is 0 Å². The summed E-state index contributed by atoms with van der Waals surface area (Å²) in [6.07, 6.45) is 2.79. The fraction of sp³-hybridized carbons (Fsp3) is 0.400. The van der Waals surface area contributed by atoms with E-state index in [1.165, 1.54) is 19.1 Å². The van der Waals surface area contributed by atoms with Gasteiger partial charge >= 0.3 is 0 Å². The van der Waals surface area contributed by atoms with Crippen LogP contribution in [0, 0.1) is 5.82 Å². The zero-order chi connectivity index (χ0) is 19.3. The lowest BCUT2D eigenvalue weighted by Crippen LogP contribution is -2.53. The molecule has 0 unspecified atom stereocenters. The second-order valence-corrected chi connectivity index (χ2v) is 6.91. The molecule has 1 aromatic heterocycles. The Hall–Kier alpha value is -2.67. The van der Waals surface area contributed by atoms with Crippen LogP contribution in [0.4, 0.5) is 4.39 Å². The fourth-order valence-electron chi connectivity index (χ4n) is 3.56. The van der Waals surface area contributed by atoms with Gasteiger partial charge in [0, 0.05) is 20.0 Å². The molecule has 7 heteroatoms. The van der Waals surface area contributed by atoms with Crippen LogP contribution in [0.25, 0.3) is 0 Å². The summed E-state index contributed by atoms with van der Waals surface area (Å²) in [6, 6.07) is 9.95. The number of piperidine rings is 1.